The van der Waals surface area contributed by atoms with Gasteiger partial charge in [0.15, 0.2) is 0 Å². The first-order valence-corrected chi connectivity index (χ1v) is 10.8. The van der Waals surface area contributed by atoms with Crippen molar-refractivity contribution in [1.82, 2.24) is 9.88 Å². The summed E-state index contributed by atoms with van der Waals surface area (Å²) in [4.78, 5) is 25.7. The molecule has 0 fully saturated rings. The Balaban J connectivity index is 1.86. The van der Waals surface area contributed by atoms with Crippen molar-refractivity contribution in [2.24, 2.45) is 5.14 Å². The number of rotatable bonds is 5. The van der Waals surface area contributed by atoms with Crippen molar-refractivity contribution in [3.8, 4) is 5.69 Å². The summed E-state index contributed by atoms with van der Waals surface area (Å²) in [5, 5.41) is 7.78. The lowest BCUT2D eigenvalue weighted by Gasteiger charge is -2.14. The average molecular weight is 426 g/mol. The van der Waals surface area contributed by atoms with Gasteiger partial charge in [0.25, 0.3) is 11.5 Å². The van der Waals surface area contributed by atoms with Gasteiger partial charge in [-0.1, -0.05) is 18.2 Å². The summed E-state index contributed by atoms with van der Waals surface area (Å²) in [5.41, 5.74) is 3.78. The quantitative estimate of drug-likeness (QED) is 0.653. The minimum atomic E-state index is -3.77. The number of aromatic nitrogens is 1. The number of nitrogens with zero attached hydrogens (tertiary/aromatic N) is 1. The van der Waals surface area contributed by atoms with E-state index < -0.39 is 21.5 Å². The highest BCUT2D eigenvalue weighted by Crippen LogP contribution is 2.15. The molecule has 0 spiro atoms. The highest BCUT2D eigenvalue weighted by Gasteiger charge is 2.15. The summed E-state index contributed by atoms with van der Waals surface area (Å²) in [5.74, 6) is -0.506. The second kappa shape index (κ2) is 8.25. The molecule has 1 amide bonds. The van der Waals surface area contributed by atoms with Gasteiger partial charge in [0.1, 0.15) is 5.56 Å². The van der Waals surface area contributed by atoms with Gasteiger partial charge in [-0.05, 0) is 73.9 Å². The van der Waals surface area contributed by atoms with Gasteiger partial charge in [-0.15, -0.1) is 0 Å². The third-order valence-electron chi connectivity index (χ3n) is 4.69. The number of hydrogen-bond donors (Lipinski definition) is 2. The fourth-order valence-corrected chi connectivity index (χ4v) is 3.79. The van der Waals surface area contributed by atoms with E-state index in [9.17, 15) is 18.0 Å². The first kappa shape index (κ1) is 21.5. The number of primary sulfonamides is 1. The predicted molar refractivity (Wildman–Crippen MR) is 115 cm³/mol. The number of hydrogen-bond acceptors (Lipinski definition) is 4. The van der Waals surface area contributed by atoms with Crippen molar-refractivity contribution in [3.05, 3.63) is 92.9 Å². The molecule has 0 saturated carbocycles. The van der Waals surface area contributed by atoms with Crippen LogP contribution in [-0.2, 0) is 16.6 Å². The molecule has 2 aromatic carbocycles. The van der Waals surface area contributed by atoms with E-state index in [-0.39, 0.29) is 17.0 Å². The van der Waals surface area contributed by atoms with Crippen LogP contribution in [0.2, 0.25) is 0 Å². The Labute approximate surface area is 175 Å². The smallest absolute Gasteiger partial charge is 0.268 e. The summed E-state index contributed by atoms with van der Waals surface area (Å²) in [6, 6.07) is 14.9. The summed E-state index contributed by atoms with van der Waals surface area (Å²) in [6.07, 6.45) is 0. The summed E-state index contributed by atoms with van der Waals surface area (Å²) in [6.45, 7) is 5.86. The maximum absolute atomic E-state index is 13.0. The first-order chi connectivity index (χ1) is 14.1. The molecular weight excluding hydrogens is 402 g/mol. The molecular formula is C22H23N3O4S. The Morgan fingerprint density at radius 1 is 0.967 bits per heavy atom. The number of sulfonamides is 1. The number of aryl methyl sites for hydroxylation is 3. The highest BCUT2D eigenvalue weighted by atomic mass is 32.2. The van der Waals surface area contributed by atoms with Gasteiger partial charge in [-0.3, -0.25) is 14.2 Å². The van der Waals surface area contributed by atoms with Crippen LogP contribution in [0.1, 0.15) is 32.7 Å². The average Bonchev–Trinajstić information content (AvgIpc) is 2.65. The van der Waals surface area contributed by atoms with Crippen LogP contribution < -0.4 is 16.0 Å². The summed E-state index contributed by atoms with van der Waals surface area (Å²) < 4.78 is 24.2. The topological polar surface area (TPSA) is 111 Å². The van der Waals surface area contributed by atoms with Gasteiger partial charge in [0.2, 0.25) is 10.0 Å². The lowest BCUT2D eigenvalue weighted by Crippen LogP contribution is -2.33. The Morgan fingerprint density at radius 2 is 1.57 bits per heavy atom. The maximum atomic E-state index is 13.0. The minimum Gasteiger partial charge on any atom is -0.348 e. The zero-order chi connectivity index (χ0) is 22.1. The van der Waals surface area contributed by atoms with Crippen molar-refractivity contribution in [2.75, 3.05) is 0 Å². The molecule has 0 aliphatic heterocycles. The van der Waals surface area contributed by atoms with Crippen molar-refractivity contribution in [2.45, 2.75) is 32.2 Å². The van der Waals surface area contributed by atoms with Crippen LogP contribution in [0.4, 0.5) is 0 Å². The molecule has 156 valence electrons. The Morgan fingerprint density at radius 3 is 2.13 bits per heavy atom. The number of nitrogens with one attached hydrogen (secondary N) is 1. The molecule has 0 atom stereocenters. The third kappa shape index (κ3) is 4.67. The second-order valence-corrected chi connectivity index (χ2v) is 8.81. The standard InChI is InChI=1S/C22H23N3O4S/c1-14-10-15(2)12-18(11-14)25-16(3)4-9-20(22(25)27)21(26)24-13-17-5-7-19(8-6-17)30(23,28)29/h4-12H,13H2,1-3H3,(H,24,26)(H2,23,28,29). The van der Waals surface area contributed by atoms with Crippen LogP contribution in [0.15, 0.2) is 64.3 Å². The number of benzene rings is 2. The molecule has 7 nitrogen and oxygen atoms in total. The Hall–Kier alpha value is -3.23. The van der Waals surface area contributed by atoms with E-state index in [2.05, 4.69) is 5.32 Å². The largest absolute Gasteiger partial charge is 0.348 e. The maximum Gasteiger partial charge on any atom is 0.268 e. The van der Waals surface area contributed by atoms with Crippen molar-refractivity contribution < 1.29 is 13.2 Å². The highest BCUT2D eigenvalue weighted by molar-refractivity contribution is 7.89. The minimum absolute atomic E-state index is 0.00700. The van der Waals surface area contributed by atoms with Crippen molar-refractivity contribution in [3.63, 3.8) is 0 Å². The van der Waals surface area contributed by atoms with E-state index in [1.54, 1.807) is 18.2 Å². The van der Waals surface area contributed by atoms with E-state index in [1.165, 1.54) is 22.8 Å². The normalized spacial score (nSPS) is 11.3. The molecule has 1 aromatic heterocycles. The monoisotopic (exact) mass is 425 g/mol. The fraction of sp³-hybridized carbons (Fsp3) is 0.182. The SMILES string of the molecule is Cc1cc(C)cc(-n2c(C)ccc(C(=O)NCc3ccc(S(N)(=O)=O)cc3)c2=O)c1. The molecule has 0 unspecified atom stereocenters. The lowest BCUT2D eigenvalue weighted by atomic mass is 10.1. The molecule has 30 heavy (non-hydrogen) atoms. The van der Waals surface area contributed by atoms with Gasteiger partial charge in [0.05, 0.1) is 4.90 Å². The molecule has 0 radical (unpaired) electrons. The zero-order valence-corrected chi connectivity index (χ0v) is 17.8. The van der Waals surface area contributed by atoms with Gasteiger partial charge in [-0.2, -0.15) is 0 Å². The van der Waals surface area contributed by atoms with E-state index in [0.29, 0.717) is 11.3 Å². The third-order valence-corrected chi connectivity index (χ3v) is 5.62. The van der Waals surface area contributed by atoms with E-state index >= 15 is 0 Å². The van der Waals surface area contributed by atoms with Crippen LogP contribution in [-0.4, -0.2) is 18.9 Å². The number of carbonyl (C=O) groups excluding carboxylic acids is 1. The molecule has 1 heterocycles. The van der Waals surface area contributed by atoms with Crippen molar-refractivity contribution >= 4 is 15.9 Å². The van der Waals surface area contributed by atoms with Gasteiger partial charge >= 0.3 is 0 Å². The van der Waals surface area contributed by atoms with E-state index in [1.807, 2.05) is 39.0 Å². The van der Waals surface area contributed by atoms with Crippen LogP contribution in [0.25, 0.3) is 5.69 Å². The Kier molecular flexibility index (Phi) is 5.91. The van der Waals surface area contributed by atoms with Crippen molar-refractivity contribution in [1.29, 1.82) is 0 Å². The number of pyridine rings is 1. The molecule has 3 aromatic rings. The van der Waals surface area contributed by atoms with Gasteiger partial charge < -0.3 is 5.32 Å². The Bertz CT molecular complexity index is 1260. The van der Waals surface area contributed by atoms with Crippen LogP contribution in [0.5, 0.6) is 0 Å². The molecule has 3 N–H and O–H groups in total. The molecule has 8 heteroatoms. The fourth-order valence-electron chi connectivity index (χ4n) is 3.28. The zero-order valence-electron chi connectivity index (χ0n) is 17.0. The van der Waals surface area contributed by atoms with Gasteiger partial charge in [-0.25, -0.2) is 13.6 Å². The molecule has 0 saturated heterocycles. The van der Waals surface area contributed by atoms with Crippen LogP contribution >= 0.6 is 0 Å². The summed E-state index contributed by atoms with van der Waals surface area (Å²) in [7, 11) is -3.77. The summed E-state index contributed by atoms with van der Waals surface area (Å²) >= 11 is 0. The molecule has 0 aliphatic rings. The predicted octanol–water partition coefficient (Wildman–Crippen LogP) is 2.34. The van der Waals surface area contributed by atoms with Crippen LogP contribution in [0.3, 0.4) is 0 Å². The molecule has 3 rings (SSSR count). The number of carbonyl (C=O) groups is 1. The van der Waals surface area contributed by atoms with E-state index in [4.69, 9.17) is 5.14 Å². The number of amides is 1. The first-order valence-electron chi connectivity index (χ1n) is 9.27. The lowest BCUT2D eigenvalue weighted by molar-refractivity contribution is 0.0949. The van der Waals surface area contributed by atoms with E-state index in [0.717, 1.165) is 16.8 Å². The second-order valence-electron chi connectivity index (χ2n) is 7.25. The molecule has 0 aliphatic carbocycles. The number of nitrogens with two attached hydrogens (primary N) is 1. The van der Waals surface area contributed by atoms with Crippen LogP contribution in [0, 0.1) is 20.8 Å². The molecule has 0 bridgehead atoms. The van der Waals surface area contributed by atoms with Gasteiger partial charge in [0, 0.05) is 17.9 Å².